The molecular formula is C20H27N3O4S2. The van der Waals surface area contributed by atoms with E-state index in [1.165, 1.54) is 28.6 Å². The van der Waals surface area contributed by atoms with Crippen LogP contribution in [-0.2, 0) is 20.0 Å². The van der Waals surface area contributed by atoms with Crippen LogP contribution in [0.25, 0.3) is 0 Å². The predicted octanol–water partition coefficient (Wildman–Crippen LogP) is 2.28. The van der Waals surface area contributed by atoms with Crippen LogP contribution in [0.4, 0.5) is 5.69 Å². The first kappa shape index (κ1) is 21.8. The van der Waals surface area contributed by atoms with Gasteiger partial charge in [-0.1, -0.05) is 18.2 Å². The maximum atomic E-state index is 12.5. The van der Waals surface area contributed by atoms with Gasteiger partial charge in [0.05, 0.1) is 9.79 Å². The van der Waals surface area contributed by atoms with Gasteiger partial charge in [-0.15, -0.1) is 0 Å². The molecule has 0 atom stereocenters. The molecule has 0 bridgehead atoms. The van der Waals surface area contributed by atoms with E-state index in [1.807, 2.05) is 37.4 Å². The van der Waals surface area contributed by atoms with Crippen LogP contribution in [0.2, 0.25) is 0 Å². The second kappa shape index (κ2) is 9.25. The number of nitrogens with zero attached hydrogens (tertiary/aromatic N) is 2. The smallest absolute Gasteiger partial charge is 0.243 e. The maximum absolute atomic E-state index is 12.5. The zero-order chi connectivity index (χ0) is 20.9. The van der Waals surface area contributed by atoms with Crippen molar-refractivity contribution in [2.24, 2.45) is 0 Å². The van der Waals surface area contributed by atoms with Crippen molar-refractivity contribution in [3.8, 4) is 0 Å². The standard InChI is InChI=1S/C20H27N3O4S2/c1-22(18-8-3-2-4-9-18)15-7-14-21-28(24,25)19-10-12-20(13-11-19)29(26,27)23-16-5-6-17-23/h2-4,8-13,21H,5-7,14-17H2,1H3. The van der Waals surface area contributed by atoms with Gasteiger partial charge in [-0.2, -0.15) is 4.31 Å². The van der Waals surface area contributed by atoms with E-state index in [0.29, 0.717) is 32.6 Å². The fourth-order valence-electron chi connectivity index (χ4n) is 3.29. The number of nitrogens with one attached hydrogen (secondary N) is 1. The van der Waals surface area contributed by atoms with Gasteiger partial charge in [0, 0.05) is 38.9 Å². The fraction of sp³-hybridized carbons (Fsp3) is 0.400. The summed E-state index contributed by atoms with van der Waals surface area (Å²) in [5.74, 6) is 0. The SMILES string of the molecule is CN(CCCNS(=O)(=O)c1ccc(S(=O)(=O)N2CCCC2)cc1)c1ccccc1. The Balaban J connectivity index is 1.55. The second-order valence-electron chi connectivity index (χ2n) is 7.09. The molecule has 1 fully saturated rings. The topological polar surface area (TPSA) is 86.8 Å². The summed E-state index contributed by atoms with van der Waals surface area (Å²) in [6, 6.07) is 15.3. The van der Waals surface area contributed by atoms with Gasteiger partial charge in [-0.25, -0.2) is 21.6 Å². The van der Waals surface area contributed by atoms with Crippen molar-refractivity contribution in [1.82, 2.24) is 9.03 Å². The molecular weight excluding hydrogens is 410 g/mol. The van der Waals surface area contributed by atoms with Crippen molar-refractivity contribution >= 4 is 25.7 Å². The van der Waals surface area contributed by atoms with E-state index in [9.17, 15) is 16.8 Å². The Hall–Kier alpha value is -1.94. The lowest BCUT2D eigenvalue weighted by Gasteiger charge is -2.19. The van der Waals surface area contributed by atoms with Gasteiger partial charge < -0.3 is 4.90 Å². The molecule has 1 saturated heterocycles. The molecule has 0 unspecified atom stereocenters. The maximum Gasteiger partial charge on any atom is 0.243 e. The summed E-state index contributed by atoms with van der Waals surface area (Å²) in [5.41, 5.74) is 1.07. The lowest BCUT2D eigenvalue weighted by Crippen LogP contribution is -2.29. The van der Waals surface area contributed by atoms with E-state index < -0.39 is 20.0 Å². The molecule has 7 nitrogen and oxygen atoms in total. The molecule has 1 heterocycles. The van der Waals surface area contributed by atoms with Crippen LogP contribution >= 0.6 is 0 Å². The quantitative estimate of drug-likeness (QED) is 0.608. The zero-order valence-corrected chi connectivity index (χ0v) is 18.1. The first-order chi connectivity index (χ1) is 13.8. The number of hydrogen-bond donors (Lipinski definition) is 1. The van der Waals surface area contributed by atoms with Crippen LogP contribution in [0.3, 0.4) is 0 Å². The van der Waals surface area contributed by atoms with Crippen molar-refractivity contribution in [3.63, 3.8) is 0 Å². The number of sulfonamides is 2. The van der Waals surface area contributed by atoms with Crippen LogP contribution in [0.15, 0.2) is 64.4 Å². The molecule has 29 heavy (non-hydrogen) atoms. The van der Waals surface area contributed by atoms with Gasteiger partial charge >= 0.3 is 0 Å². The summed E-state index contributed by atoms with van der Waals surface area (Å²) < 4.78 is 54.1. The Kier molecular flexibility index (Phi) is 6.94. The van der Waals surface area contributed by atoms with Gasteiger partial charge in [0.15, 0.2) is 0 Å². The van der Waals surface area contributed by atoms with Gasteiger partial charge in [0.2, 0.25) is 20.0 Å². The molecule has 158 valence electrons. The molecule has 2 aromatic rings. The highest BCUT2D eigenvalue weighted by Gasteiger charge is 2.27. The normalized spacial score (nSPS) is 15.5. The van der Waals surface area contributed by atoms with Crippen LogP contribution in [-0.4, -0.2) is 54.4 Å². The summed E-state index contributed by atoms with van der Waals surface area (Å²) in [6.45, 7) is 2.04. The Morgan fingerprint density at radius 1 is 0.897 bits per heavy atom. The molecule has 2 aromatic carbocycles. The minimum Gasteiger partial charge on any atom is -0.375 e. The van der Waals surface area contributed by atoms with Crippen molar-refractivity contribution in [2.75, 3.05) is 38.1 Å². The van der Waals surface area contributed by atoms with Crippen LogP contribution in [0.1, 0.15) is 19.3 Å². The average Bonchev–Trinajstić information content (AvgIpc) is 3.28. The monoisotopic (exact) mass is 437 g/mol. The van der Waals surface area contributed by atoms with E-state index in [-0.39, 0.29) is 9.79 Å². The number of benzene rings is 2. The Morgan fingerprint density at radius 2 is 1.48 bits per heavy atom. The zero-order valence-electron chi connectivity index (χ0n) is 16.5. The lowest BCUT2D eigenvalue weighted by molar-refractivity contribution is 0.477. The summed E-state index contributed by atoms with van der Waals surface area (Å²) in [5, 5.41) is 0. The number of anilines is 1. The molecule has 1 aliphatic heterocycles. The molecule has 1 N–H and O–H groups in total. The Bertz CT molecular complexity index is 1000. The van der Waals surface area contributed by atoms with Crippen LogP contribution in [0, 0.1) is 0 Å². The van der Waals surface area contributed by atoms with Crippen LogP contribution < -0.4 is 9.62 Å². The minimum absolute atomic E-state index is 0.0642. The molecule has 0 saturated carbocycles. The third-order valence-electron chi connectivity index (χ3n) is 5.00. The van der Waals surface area contributed by atoms with Gasteiger partial charge in [-0.05, 0) is 55.7 Å². The summed E-state index contributed by atoms with van der Waals surface area (Å²) in [6.07, 6.45) is 2.36. The molecule has 0 amide bonds. The highest BCUT2D eigenvalue weighted by Crippen LogP contribution is 2.22. The number of rotatable bonds is 9. The Labute approximate surface area is 173 Å². The molecule has 0 aromatic heterocycles. The lowest BCUT2D eigenvalue weighted by atomic mass is 10.3. The second-order valence-corrected chi connectivity index (χ2v) is 10.8. The third-order valence-corrected chi connectivity index (χ3v) is 8.39. The van der Waals surface area contributed by atoms with Crippen molar-refractivity contribution < 1.29 is 16.8 Å². The number of hydrogen-bond acceptors (Lipinski definition) is 5. The average molecular weight is 438 g/mol. The number of para-hydroxylation sites is 1. The van der Waals surface area contributed by atoms with Crippen molar-refractivity contribution in [2.45, 2.75) is 29.1 Å². The van der Waals surface area contributed by atoms with Crippen molar-refractivity contribution in [3.05, 3.63) is 54.6 Å². The fourth-order valence-corrected chi connectivity index (χ4v) is 5.88. The molecule has 1 aliphatic rings. The largest absolute Gasteiger partial charge is 0.375 e. The van der Waals surface area contributed by atoms with Gasteiger partial charge in [-0.3, -0.25) is 0 Å². The highest BCUT2D eigenvalue weighted by molar-refractivity contribution is 7.89. The minimum atomic E-state index is -3.68. The van der Waals surface area contributed by atoms with E-state index >= 15 is 0 Å². The molecule has 0 radical (unpaired) electrons. The molecule has 0 aliphatic carbocycles. The summed E-state index contributed by atoms with van der Waals surface area (Å²) in [4.78, 5) is 2.25. The Morgan fingerprint density at radius 3 is 2.10 bits per heavy atom. The predicted molar refractivity (Wildman–Crippen MR) is 114 cm³/mol. The van der Waals surface area contributed by atoms with E-state index in [0.717, 1.165) is 18.5 Å². The van der Waals surface area contributed by atoms with E-state index in [4.69, 9.17) is 0 Å². The highest BCUT2D eigenvalue weighted by atomic mass is 32.2. The first-order valence-electron chi connectivity index (χ1n) is 9.67. The van der Waals surface area contributed by atoms with E-state index in [2.05, 4.69) is 9.62 Å². The van der Waals surface area contributed by atoms with Gasteiger partial charge in [0.1, 0.15) is 0 Å². The summed E-state index contributed by atoms with van der Waals surface area (Å²) >= 11 is 0. The third kappa shape index (κ3) is 5.36. The first-order valence-corrected chi connectivity index (χ1v) is 12.6. The van der Waals surface area contributed by atoms with Crippen molar-refractivity contribution in [1.29, 1.82) is 0 Å². The van der Waals surface area contributed by atoms with Gasteiger partial charge in [0.25, 0.3) is 0 Å². The molecule has 3 rings (SSSR count). The summed E-state index contributed by atoms with van der Waals surface area (Å²) in [7, 11) is -5.26. The van der Waals surface area contributed by atoms with E-state index in [1.54, 1.807) is 0 Å². The molecule has 0 spiro atoms. The molecule has 9 heteroatoms. The van der Waals surface area contributed by atoms with Crippen LogP contribution in [0.5, 0.6) is 0 Å².